The molecule has 4 nitrogen and oxygen atoms in total. The Bertz CT molecular complexity index is 627. The van der Waals surface area contributed by atoms with Gasteiger partial charge in [0.05, 0.1) is 11.4 Å². The summed E-state index contributed by atoms with van der Waals surface area (Å²) < 4.78 is 0. The molecular weight excluding hydrogens is 248 g/mol. The van der Waals surface area contributed by atoms with Crippen molar-refractivity contribution in [2.24, 2.45) is 0 Å². The van der Waals surface area contributed by atoms with E-state index in [0.29, 0.717) is 0 Å². The van der Waals surface area contributed by atoms with Gasteiger partial charge in [0.2, 0.25) is 0 Å². The Morgan fingerprint density at radius 3 is 2.60 bits per heavy atom. The number of hydrogen-bond donors (Lipinski definition) is 1. The van der Waals surface area contributed by atoms with Gasteiger partial charge in [-0.3, -0.25) is 9.88 Å². The van der Waals surface area contributed by atoms with E-state index in [2.05, 4.69) is 26.9 Å². The van der Waals surface area contributed by atoms with E-state index >= 15 is 0 Å². The Morgan fingerprint density at radius 2 is 1.85 bits per heavy atom. The number of nitrogens with two attached hydrogens (primary N) is 1. The van der Waals surface area contributed by atoms with E-state index < -0.39 is 0 Å². The summed E-state index contributed by atoms with van der Waals surface area (Å²) in [5.74, 6) is 0. The van der Waals surface area contributed by atoms with Gasteiger partial charge < -0.3 is 10.6 Å². The molecule has 1 saturated heterocycles. The van der Waals surface area contributed by atoms with Crippen molar-refractivity contribution in [3.63, 3.8) is 0 Å². The monoisotopic (exact) mass is 268 g/mol. The van der Waals surface area contributed by atoms with Gasteiger partial charge in [0.1, 0.15) is 0 Å². The lowest BCUT2D eigenvalue weighted by Gasteiger charge is -2.36. The second-order valence-corrected chi connectivity index (χ2v) is 5.85. The first-order valence-corrected chi connectivity index (χ1v) is 7.44. The van der Waals surface area contributed by atoms with Gasteiger partial charge in [0.25, 0.3) is 0 Å². The van der Waals surface area contributed by atoms with Crippen molar-refractivity contribution in [2.75, 3.05) is 36.8 Å². The van der Waals surface area contributed by atoms with Gasteiger partial charge in [-0.1, -0.05) is 6.07 Å². The minimum absolute atomic E-state index is 0.872. The van der Waals surface area contributed by atoms with E-state index in [9.17, 15) is 0 Å². The van der Waals surface area contributed by atoms with Crippen molar-refractivity contribution in [1.82, 2.24) is 9.88 Å². The molecule has 4 heteroatoms. The molecule has 20 heavy (non-hydrogen) atoms. The van der Waals surface area contributed by atoms with E-state index in [1.807, 2.05) is 18.5 Å². The van der Waals surface area contributed by atoms with Crippen LogP contribution >= 0.6 is 0 Å². The first-order valence-electron chi connectivity index (χ1n) is 7.44. The van der Waals surface area contributed by atoms with Crippen LogP contribution in [0.25, 0.3) is 10.8 Å². The third kappa shape index (κ3) is 2.00. The summed E-state index contributed by atoms with van der Waals surface area (Å²) in [5, 5.41) is 2.23. The molecule has 1 saturated carbocycles. The molecule has 1 aromatic heterocycles. The largest absolute Gasteiger partial charge is 0.397 e. The summed E-state index contributed by atoms with van der Waals surface area (Å²) in [7, 11) is 0. The maximum atomic E-state index is 6.37. The molecule has 4 rings (SSSR count). The molecule has 104 valence electrons. The highest BCUT2D eigenvalue weighted by Gasteiger charge is 2.31. The molecule has 2 aliphatic rings. The summed E-state index contributed by atoms with van der Waals surface area (Å²) >= 11 is 0. The average Bonchev–Trinajstić information content (AvgIpc) is 3.33. The zero-order chi connectivity index (χ0) is 13.5. The zero-order valence-electron chi connectivity index (χ0n) is 11.6. The molecule has 1 aliphatic carbocycles. The zero-order valence-corrected chi connectivity index (χ0v) is 11.6. The Kier molecular flexibility index (Phi) is 2.77. The third-order valence-electron chi connectivity index (χ3n) is 4.56. The molecule has 0 bridgehead atoms. The fraction of sp³-hybridized carbons (Fsp3) is 0.438. The van der Waals surface area contributed by atoms with Crippen LogP contribution in [0.15, 0.2) is 30.6 Å². The van der Waals surface area contributed by atoms with Crippen molar-refractivity contribution in [1.29, 1.82) is 0 Å². The van der Waals surface area contributed by atoms with Crippen LogP contribution in [0.4, 0.5) is 11.4 Å². The second kappa shape index (κ2) is 4.63. The third-order valence-corrected chi connectivity index (χ3v) is 4.56. The Balaban J connectivity index is 1.60. The van der Waals surface area contributed by atoms with Crippen LogP contribution in [0.2, 0.25) is 0 Å². The lowest BCUT2D eigenvalue weighted by Crippen LogP contribution is -2.47. The summed E-state index contributed by atoms with van der Waals surface area (Å²) in [6, 6.07) is 7.15. The Hall–Kier alpha value is -1.81. The molecule has 0 atom stereocenters. The van der Waals surface area contributed by atoms with Crippen LogP contribution in [0, 0.1) is 0 Å². The molecule has 2 fully saturated rings. The molecule has 0 radical (unpaired) electrons. The highest BCUT2D eigenvalue weighted by molar-refractivity contribution is 5.98. The fourth-order valence-corrected chi connectivity index (χ4v) is 3.22. The molecule has 0 spiro atoms. The number of hydrogen-bond acceptors (Lipinski definition) is 4. The SMILES string of the molecule is Nc1c(N2CCN(C3CC3)CC2)ccc2cnccc12. The average molecular weight is 268 g/mol. The van der Waals surface area contributed by atoms with Crippen molar-refractivity contribution in [3.05, 3.63) is 30.6 Å². The van der Waals surface area contributed by atoms with E-state index in [1.54, 1.807) is 0 Å². The van der Waals surface area contributed by atoms with Crippen LogP contribution in [-0.2, 0) is 0 Å². The summed E-state index contributed by atoms with van der Waals surface area (Å²) in [5.41, 5.74) is 8.45. The van der Waals surface area contributed by atoms with Crippen molar-refractivity contribution < 1.29 is 0 Å². The van der Waals surface area contributed by atoms with Crippen molar-refractivity contribution >= 4 is 22.1 Å². The molecular formula is C16H20N4. The number of nitrogens with zero attached hydrogens (tertiary/aromatic N) is 3. The number of pyridine rings is 1. The smallest absolute Gasteiger partial charge is 0.0632 e. The minimum Gasteiger partial charge on any atom is -0.397 e. The van der Waals surface area contributed by atoms with Crippen LogP contribution in [0.1, 0.15) is 12.8 Å². The number of fused-ring (bicyclic) bond motifs is 1. The van der Waals surface area contributed by atoms with Crippen LogP contribution in [0.3, 0.4) is 0 Å². The number of anilines is 2. The second-order valence-electron chi connectivity index (χ2n) is 5.85. The molecule has 0 amide bonds. The number of aromatic nitrogens is 1. The Labute approximate surface area is 119 Å². The van der Waals surface area contributed by atoms with Gasteiger partial charge in [-0.2, -0.15) is 0 Å². The van der Waals surface area contributed by atoms with E-state index in [-0.39, 0.29) is 0 Å². The first-order chi connectivity index (χ1) is 9.83. The molecule has 1 aromatic carbocycles. The predicted molar refractivity (Wildman–Crippen MR) is 83.0 cm³/mol. The van der Waals surface area contributed by atoms with E-state index in [4.69, 9.17) is 5.73 Å². The standard InChI is InChI=1S/C16H20N4/c17-16-14-5-6-18-11-12(14)1-4-15(16)20-9-7-19(8-10-20)13-2-3-13/h1,4-6,11,13H,2-3,7-10,17H2. The number of piperazine rings is 1. The van der Waals surface area contributed by atoms with Gasteiger partial charge in [-0.25, -0.2) is 0 Å². The van der Waals surface area contributed by atoms with Gasteiger partial charge in [-0.15, -0.1) is 0 Å². The van der Waals surface area contributed by atoms with Crippen molar-refractivity contribution in [2.45, 2.75) is 18.9 Å². The molecule has 0 unspecified atom stereocenters. The highest BCUT2D eigenvalue weighted by Crippen LogP contribution is 2.33. The lowest BCUT2D eigenvalue weighted by molar-refractivity contribution is 0.248. The maximum absolute atomic E-state index is 6.37. The quantitative estimate of drug-likeness (QED) is 0.847. The molecule has 2 aromatic rings. The number of nitrogen functional groups attached to an aromatic ring is 1. The first kappa shape index (κ1) is 12.0. The lowest BCUT2D eigenvalue weighted by atomic mass is 10.1. The maximum Gasteiger partial charge on any atom is 0.0632 e. The van der Waals surface area contributed by atoms with Crippen LogP contribution < -0.4 is 10.6 Å². The van der Waals surface area contributed by atoms with Crippen molar-refractivity contribution in [3.8, 4) is 0 Å². The van der Waals surface area contributed by atoms with E-state index in [1.165, 1.54) is 31.6 Å². The number of rotatable bonds is 2. The van der Waals surface area contributed by atoms with Gasteiger partial charge in [-0.05, 0) is 25.0 Å². The summed E-state index contributed by atoms with van der Waals surface area (Å²) in [4.78, 5) is 9.20. The summed E-state index contributed by atoms with van der Waals surface area (Å²) in [6.07, 6.45) is 6.48. The number of benzene rings is 1. The van der Waals surface area contributed by atoms with Crippen LogP contribution in [-0.4, -0.2) is 42.1 Å². The highest BCUT2D eigenvalue weighted by atomic mass is 15.3. The summed E-state index contributed by atoms with van der Waals surface area (Å²) in [6.45, 7) is 4.49. The van der Waals surface area contributed by atoms with Gasteiger partial charge >= 0.3 is 0 Å². The Morgan fingerprint density at radius 1 is 1.05 bits per heavy atom. The van der Waals surface area contributed by atoms with E-state index in [0.717, 1.165) is 35.6 Å². The normalized spacial score (nSPS) is 20.5. The molecule has 2 N–H and O–H groups in total. The topological polar surface area (TPSA) is 45.4 Å². The van der Waals surface area contributed by atoms with Gasteiger partial charge in [0.15, 0.2) is 0 Å². The fourth-order valence-electron chi connectivity index (χ4n) is 3.22. The van der Waals surface area contributed by atoms with Crippen LogP contribution in [0.5, 0.6) is 0 Å². The minimum atomic E-state index is 0.872. The molecule has 2 heterocycles. The molecule has 1 aliphatic heterocycles. The predicted octanol–water partition coefficient (Wildman–Crippen LogP) is 2.10. The van der Waals surface area contributed by atoms with Gasteiger partial charge in [0, 0.05) is 55.4 Å².